The number of carbonyl (C=O) groups excluding carboxylic acids is 2. The minimum atomic E-state index is -0.558. The molecular formula is C30H30N2O4. The SMILES string of the molecule is CCOc1ccccc1C1C2C(=O)CC(c3ccc(OC)cc3)C=C2Nc2ccccc2N1C(C)=O. The van der Waals surface area contributed by atoms with Gasteiger partial charge >= 0.3 is 0 Å². The summed E-state index contributed by atoms with van der Waals surface area (Å²) >= 11 is 0. The highest BCUT2D eigenvalue weighted by atomic mass is 16.5. The third-order valence-electron chi connectivity index (χ3n) is 6.94. The molecular weight excluding hydrogens is 452 g/mol. The van der Waals surface area contributed by atoms with Gasteiger partial charge in [0.1, 0.15) is 17.3 Å². The molecule has 5 rings (SSSR count). The van der Waals surface area contributed by atoms with Gasteiger partial charge < -0.3 is 19.7 Å². The highest BCUT2D eigenvalue weighted by Gasteiger charge is 2.45. The molecule has 0 saturated carbocycles. The van der Waals surface area contributed by atoms with Gasteiger partial charge in [-0.1, -0.05) is 48.5 Å². The Balaban J connectivity index is 1.70. The number of hydrogen-bond donors (Lipinski definition) is 1. The van der Waals surface area contributed by atoms with Crippen LogP contribution in [0.4, 0.5) is 11.4 Å². The number of ether oxygens (including phenoxy) is 2. The molecule has 36 heavy (non-hydrogen) atoms. The van der Waals surface area contributed by atoms with E-state index in [2.05, 4.69) is 11.4 Å². The van der Waals surface area contributed by atoms with Crippen LogP contribution in [-0.2, 0) is 9.59 Å². The molecule has 0 aromatic heterocycles. The number of carbonyl (C=O) groups is 2. The molecule has 3 atom stereocenters. The molecule has 1 aliphatic carbocycles. The molecule has 0 fully saturated rings. The van der Waals surface area contributed by atoms with Crippen molar-refractivity contribution in [2.45, 2.75) is 32.2 Å². The van der Waals surface area contributed by atoms with Crippen LogP contribution in [0.3, 0.4) is 0 Å². The van der Waals surface area contributed by atoms with E-state index in [1.165, 1.54) is 0 Å². The predicted octanol–water partition coefficient (Wildman–Crippen LogP) is 5.87. The van der Waals surface area contributed by atoms with Gasteiger partial charge in [-0.15, -0.1) is 0 Å². The molecule has 3 aromatic carbocycles. The third kappa shape index (κ3) is 4.24. The summed E-state index contributed by atoms with van der Waals surface area (Å²) in [5.74, 6) is 0.763. The Bertz CT molecular complexity index is 1310. The highest BCUT2D eigenvalue weighted by Crippen LogP contribution is 2.49. The summed E-state index contributed by atoms with van der Waals surface area (Å²) in [4.78, 5) is 28.9. The standard InChI is InChI=1S/C30H30N2O4/c1-4-36-28-12-8-5-9-23(28)30-29-25(31-24-10-6-7-11-26(24)32(30)19(2)33)17-21(18-27(29)34)20-13-15-22(35-3)16-14-20/h5-17,21,29-31H,4,18H2,1-3H3. The van der Waals surface area contributed by atoms with Crippen molar-refractivity contribution in [1.82, 2.24) is 0 Å². The molecule has 0 bridgehead atoms. The van der Waals surface area contributed by atoms with Crippen molar-refractivity contribution in [2.24, 2.45) is 5.92 Å². The van der Waals surface area contributed by atoms with Crippen molar-refractivity contribution in [2.75, 3.05) is 23.9 Å². The fourth-order valence-corrected chi connectivity index (χ4v) is 5.37. The van der Waals surface area contributed by atoms with Crippen molar-refractivity contribution in [3.8, 4) is 11.5 Å². The number of ketones is 1. The number of allylic oxidation sites excluding steroid dienone is 1. The minimum absolute atomic E-state index is 0.0798. The monoisotopic (exact) mass is 482 g/mol. The number of methoxy groups -OCH3 is 1. The number of nitrogens with zero attached hydrogens (tertiary/aromatic N) is 1. The molecule has 2 aliphatic rings. The molecule has 6 nitrogen and oxygen atoms in total. The second-order valence-corrected chi connectivity index (χ2v) is 9.10. The van der Waals surface area contributed by atoms with Crippen LogP contribution in [0, 0.1) is 5.92 Å². The summed E-state index contributed by atoms with van der Waals surface area (Å²) in [5, 5.41) is 3.53. The highest BCUT2D eigenvalue weighted by molar-refractivity contribution is 6.00. The first-order chi connectivity index (χ1) is 17.5. The Hall–Kier alpha value is -4.06. The lowest BCUT2D eigenvalue weighted by Gasteiger charge is -2.37. The van der Waals surface area contributed by atoms with Crippen LogP contribution in [0.15, 0.2) is 84.6 Å². The Morgan fingerprint density at radius 3 is 2.47 bits per heavy atom. The van der Waals surface area contributed by atoms with E-state index in [-0.39, 0.29) is 17.6 Å². The topological polar surface area (TPSA) is 67.9 Å². The first-order valence-corrected chi connectivity index (χ1v) is 12.3. The number of amides is 1. The van der Waals surface area contributed by atoms with Gasteiger partial charge in [0.2, 0.25) is 5.91 Å². The fourth-order valence-electron chi connectivity index (χ4n) is 5.37. The van der Waals surface area contributed by atoms with Crippen LogP contribution in [0.1, 0.15) is 43.4 Å². The second-order valence-electron chi connectivity index (χ2n) is 9.10. The number of Topliss-reactive ketones (excluding diaryl/α,β-unsaturated/α-hetero) is 1. The van der Waals surface area contributed by atoms with Crippen LogP contribution in [0.2, 0.25) is 0 Å². The number of anilines is 2. The number of nitrogens with one attached hydrogen (secondary N) is 1. The van der Waals surface area contributed by atoms with Crippen molar-refractivity contribution in [1.29, 1.82) is 0 Å². The quantitative estimate of drug-likeness (QED) is 0.493. The molecule has 184 valence electrons. The van der Waals surface area contributed by atoms with Crippen LogP contribution in [0.25, 0.3) is 0 Å². The smallest absolute Gasteiger partial charge is 0.224 e. The van der Waals surface area contributed by atoms with E-state index >= 15 is 0 Å². The van der Waals surface area contributed by atoms with Gasteiger partial charge in [0, 0.05) is 30.5 Å². The molecule has 0 spiro atoms. The summed E-state index contributed by atoms with van der Waals surface area (Å²) in [6, 6.07) is 22.7. The predicted molar refractivity (Wildman–Crippen MR) is 141 cm³/mol. The van der Waals surface area contributed by atoms with Gasteiger partial charge in [-0.05, 0) is 42.8 Å². The van der Waals surface area contributed by atoms with E-state index in [9.17, 15) is 9.59 Å². The molecule has 1 aliphatic heterocycles. The number of fused-ring (bicyclic) bond motifs is 2. The van der Waals surface area contributed by atoms with Crippen molar-refractivity contribution in [3.05, 3.63) is 95.7 Å². The Morgan fingerprint density at radius 2 is 1.75 bits per heavy atom. The average molecular weight is 483 g/mol. The van der Waals surface area contributed by atoms with Gasteiger partial charge in [-0.25, -0.2) is 0 Å². The van der Waals surface area contributed by atoms with Gasteiger partial charge in [-0.2, -0.15) is 0 Å². The van der Waals surface area contributed by atoms with E-state index in [1.54, 1.807) is 18.9 Å². The number of benzene rings is 3. The first kappa shape index (κ1) is 23.7. The lowest BCUT2D eigenvalue weighted by molar-refractivity contribution is -0.123. The van der Waals surface area contributed by atoms with Crippen molar-refractivity contribution >= 4 is 23.1 Å². The van der Waals surface area contributed by atoms with Crippen LogP contribution >= 0.6 is 0 Å². The van der Waals surface area contributed by atoms with E-state index in [4.69, 9.17) is 9.47 Å². The zero-order chi connectivity index (χ0) is 25.2. The lowest BCUT2D eigenvalue weighted by atomic mass is 9.76. The maximum Gasteiger partial charge on any atom is 0.224 e. The molecule has 6 heteroatoms. The Morgan fingerprint density at radius 1 is 1.03 bits per heavy atom. The maximum absolute atomic E-state index is 14.0. The van der Waals surface area contributed by atoms with Gasteiger partial charge in [0.15, 0.2) is 0 Å². The largest absolute Gasteiger partial charge is 0.497 e. The molecule has 0 saturated heterocycles. The zero-order valence-corrected chi connectivity index (χ0v) is 20.7. The third-order valence-corrected chi connectivity index (χ3v) is 6.94. The van der Waals surface area contributed by atoms with Crippen molar-refractivity contribution in [3.63, 3.8) is 0 Å². The summed E-state index contributed by atoms with van der Waals surface area (Å²) < 4.78 is 11.3. The van der Waals surface area contributed by atoms with E-state index in [0.29, 0.717) is 18.8 Å². The molecule has 1 N–H and O–H groups in total. The van der Waals surface area contributed by atoms with Crippen molar-refractivity contribution < 1.29 is 19.1 Å². The average Bonchev–Trinajstić information content (AvgIpc) is 3.04. The van der Waals surface area contributed by atoms with Gasteiger partial charge in [0.25, 0.3) is 0 Å². The Kier molecular flexibility index (Phi) is 6.51. The number of hydrogen-bond acceptors (Lipinski definition) is 5. The van der Waals surface area contributed by atoms with Crippen LogP contribution in [-0.4, -0.2) is 25.4 Å². The molecule has 3 unspecified atom stereocenters. The second kappa shape index (κ2) is 9.90. The first-order valence-electron chi connectivity index (χ1n) is 12.3. The minimum Gasteiger partial charge on any atom is -0.497 e. The summed E-state index contributed by atoms with van der Waals surface area (Å²) in [7, 11) is 1.64. The Labute approximate surface area is 211 Å². The van der Waals surface area contributed by atoms with Crippen LogP contribution < -0.4 is 19.7 Å². The fraction of sp³-hybridized carbons (Fsp3) is 0.267. The van der Waals surface area contributed by atoms with Gasteiger partial charge in [-0.3, -0.25) is 9.59 Å². The van der Waals surface area contributed by atoms with Gasteiger partial charge in [0.05, 0.1) is 37.1 Å². The number of rotatable bonds is 5. The summed E-state index contributed by atoms with van der Waals surface area (Å²) in [6.45, 7) is 3.97. The lowest BCUT2D eigenvalue weighted by Crippen LogP contribution is -2.41. The summed E-state index contributed by atoms with van der Waals surface area (Å²) in [6.07, 6.45) is 2.49. The van der Waals surface area contributed by atoms with E-state index in [1.807, 2.05) is 79.7 Å². The molecule has 0 radical (unpaired) electrons. The zero-order valence-electron chi connectivity index (χ0n) is 20.7. The molecule has 3 aromatic rings. The number of para-hydroxylation sites is 3. The molecule has 1 amide bonds. The molecule has 1 heterocycles. The van der Waals surface area contributed by atoms with Crippen LogP contribution in [0.5, 0.6) is 11.5 Å². The van der Waals surface area contributed by atoms with E-state index in [0.717, 1.165) is 33.9 Å². The normalized spacial score (nSPS) is 20.9. The maximum atomic E-state index is 14.0. The van der Waals surface area contributed by atoms with E-state index < -0.39 is 12.0 Å². The summed E-state index contributed by atoms with van der Waals surface area (Å²) in [5.41, 5.74) is 4.21.